The van der Waals surface area contributed by atoms with Gasteiger partial charge >= 0.3 is 5.97 Å². The van der Waals surface area contributed by atoms with Crippen molar-refractivity contribution in [1.82, 2.24) is 14.3 Å². The second kappa shape index (κ2) is 6.13. The van der Waals surface area contributed by atoms with Crippen molar-refractivity contribution in [2.45, 2.75) is 13.3 Å². The third-order valence-corrected chi connectivity index (χ3v) is 3.82. The summed E-state index contributed by atoms with van der Waals surface area (Å²) < 4.78 is 1.55. The van der Waals surface area contributed by atoms with Crippen molar-refractivity contribution in [2.75, 3.05) is 32.1 Å². The quantitative estimate of drug-likeness (QED) is 0.872. The van der Waals surface area contributed by atoms with E-state index in [-0.39, 0.29) is 18.1 Å². The number of rotatable bonds is 6. The van der Waals surface area contributed by atoms with Crippen molar-refractivity contribution in [3.8, 4) is 0 Å². The Labute approximate surface area is 126 Å². The summed E-state index contributed by atoms with van der Waals surface area (Å²) in [6.45, 7) is 2.67. The van der Waals surface area contributed by atoms with E-state index in [0.717, 1.165) is 6.42 Å². The van der Waals surface area contributed by atoms with Crippen LogP contribution in [0.15, 0.2) is 11.6 Å². The molecular weight excluding hydrogens is 292 g/mol. The number of amides is 1. The highest BCUT2D eigenvalue weighted by Crippen LogP contribution is 2.25. The maximum Gasteiger partial charge on any atom is 0.356 e. The van der Waals surface area contributed by atoms with Crippen LogP contribution in [0, 0.1) is 0 Å². The van der Waals surface area contributed by atoms with Crippen molar-refractivity contribution in [3.05, 3.63) is 17.3 Å². The van der Waals surface area contributed by atoms with Crippen LogP contribution in [0.1, 0.15) is 23.8 Å². The smallest absolute Gasteiger partial charge is 0.356 e. The molecule has 0 aliphatic rings. The van der Waals surface area contributed by atoms with Gasteiger partial charge in [-0.05, 0) is 6.42 Å². The van der Waals surface area contributed by atoms with Crippen LogP contribution in [-0.4, -0.2) is 58.5 Å². The number of hydrogen-bond acceptors (Lipinski definition) is 5. The number of carboxylic acids is 1. The van der Waals surface area contributed by atoms with E-state index in [1.807, 2.05) is 6.92 Å². The van der Waals surface area contributed by atoms with E-state index in [1.54, 1.807) is 35.0 Å². The lowest BCUT2D eigenvalue weighted by Gasteiger charge is -2.23. The molecule has 0 saturated carbocycles. The van der Waals surface area contributed by atoms with Crippen molar-refractivity contribution in [3.63, 3.8) is 0 Å². The average molecular weight is 310 g/mol. The minimum atomic E-state index is -1.05. The van der Waals surface area contributed by atoms with Gasteiger partial charge in [0.2, 0.25) is 5.91 Å². The largest absolute Gasteiger partial charge is 0.476 e. The normalized spacial score (nSPS) is 10.8. The Morgan fingerprint density at radius 1 is 1.43 bits per heavy atom. The summed E-state index contributed by atoms with van der Waals surface area (Å²) in [4.78, 5) is 31.7. The Morgan fingerprint density at radius 2 is 2.14 bits per heavy atom. The molecule has 21 heavy (non-hydrogen) atoms. The Morgan fingerprint density at radius 3 is 2.71 bits per heavy atom. The van der Waals surface area contributed by atoms with Gasteiger partial charge in [-0.3, -0.25) is 9.20 Å². The number of aromatic nitrogens is 2. The summed E-state index contributed by atoms with van der Waals surface area (Å²) in [5, 5.41) is 11.2. The molecule has 114 valence electrons. The number of nitrogens with zero attached hydrogens (tertiary/aromatic N) is 4. The molecule has 2 aromatic rings. The Kier molecular flexibility index (Phi) is 4.46. The highest BCUT2D eigenvalue weighted by molar-refractivity contribution is 7.15. The maximum atomic E-state index is 11.9. The van der Waals surface area contributed by atoms with Crippen molar-refractivity contribution in [2.24, 2.45) is 0 Å². The first-order valence-corrected chi connectivity index (χ1v) is 7.47. The predicted octanol–water partition coefficient (Wildman–Crippen LogP) is 1.40. The molecular formula is C13H18N4O3S. The second-order valence-electron chi connectivity index (χ2n) is 4.85. The van der Waals surface area contributed by atoms with Crippen LogP contribution in [0.25, 0.3) is 4.96 Å². The van der Waals surface area contributed by atoms with Gasteiger partial charge in [0.15, 0.2) is 16.5 Å². The van der Waals surface area contributed by atoms with E-state index in [1.165, 1.54) is 16.2 Å². The van der Waals surface area contributed by atoms with Gasteiger partial charge < -0.3 is 14.9 Å². The number of carbonyl (C=O) groups excluding carboxylic acids is 1. The SMILES string of the molecule is CCCN(CC(=O)N(C)C)c1nc2sccn2c1C(=O)O. The molecule has 0 spiro atoms. The van der Waals surface area contributed by atoms with E-state index in [0.29, 0.717) is 17.3 Å². The summed E-state index contributed by atoms with van der Waals surface area (Å²) in [5.41, 5.74) is 0.103. The molecule has 7 nitrogen and oxygen atoms in total. The lowest BCUT2D eigenvalue weighted by molar-refractivity contribution is -0.127. The highest BCUT2D eigenvalue weighted by Gasteiger charge is 2.25. The minimum Gasteiger partial charge on any atom is -0.476 e. The molecule has 0 aliphatic heterocycles. The third-order valence-electron chi connectivity index (χ3n) is 3.06. The van der Waals surface area contributed by atoms with E-state index in [2.05, 4.69) is 4.98 Å². The van der Waals surface area contributed by atoms with E-state index < -0.39 is 5.97 Å². The van der Waals surface area contributed by atoms with Gasteiger partial charge in [-0.15, -0.1) is 11.3 Å². The molecule has 0 atom stereocenters. The zero-order valence-corrected chi connectivity index (χ0v) is 13.1. The van der Waals surface area contributed by atoms with Crippen LogP contribution in [0.2, 0.25) is 0 Å². The van der Waals surface area contributed by atoms with Crippen LogP contribution in [0.3, 0.4) is 0 Å². The number of anilines is 1. The lowest BCUT2D eigenvalue weighted by atomic mass is 10.3. The standard InChI is InChI=1S/C13H18N4O3S/c1-4-5-16(8-9(18)15(2)3)11-10(12(19)20)17-6-7-21-13(17)14-11/h6-7H,4-5,8H2,1-3H3,(H,19,20). The Bertz CT molecular complexity index is 661. The van der Waals surface area contributed by atoms with E-state index in [9.17, 15) is 14.7 Å². The van der Waals surface area contributed by atoms with Crippen molar-refractivity contribution >= 4 is 34.0 Å². The minimum absolute atomic E-state index is 0.0869. The van der Waals surface area contributed by atoms with E-state index >= 15 is 0 Å². The second-order valence-corrected chi connectivity index (χ2v) is 5.73. The molecule has 1 amide bonds. The van der Waals surface area contributed by atoms with E-state index in [4.69, 9.17) is 0 Å². The van der Waals surface area contributed by atoms with Crippen LogP contribution in [0.4, 0.5) is 5.82 Å². The molecule has 2 heterocycles. The lowest BCUT2D eigenvalue weighted by Crippen LogP contribution is -2.38. The molecule has 2 rings (SSSR count). The number of imidazole rings is 1. The summed E-state index contributed by atoms with van der Waals surface area (Å²) in [6.07, 6.45) is 2.47. The molecule has 0 bridgehead atoms. The van der Waals surface area contributed by atoms with Crippen LogP contribution in [-0.2, 0) is 4.79 Å². The number of hydrogen-bond donors (Lipinski definition) is 1. The summed E-state index contributed by atoms with van der Waals surface area (Å²) in [5.74, 6) is -0.781. The van der Waals surface area contributed by atoms with Crippen molar-refractivity contribution < 1.29 is 14.7 Å². The molecule has 2 aromatic heterocycles. The third kappa shape index (κ3) is 2.99. The fourth-order valence-electron chi connectivity index (χ4n) is 2.03. The average Bonchev–Trinajstić information content (AvgIpc) is 2.96. The number of aromatic carboxylic acids is 1. The number of thiazole rings is 1. The van der Waals surface area contributed by atoms with Gasteiger partial charge in [0.1, 0.15) is 0 Å². The summed E-state index contributed by atoms with van der Waals surface area (Å²) in [7, 11) is 3.35. The van der Waals surface area contributed by atoms with Gasteiger partial charge in [0.05, 0.1) is 6.54 Å². The zero-order valence-electron chi connectivity index (χ0n) is 12.2. The van der Waals surface area contributed by atoms with Gasteiger partial charge in [-0.1, -0.05) is 6.92 Å². The molecule has 0 saturated heterocycles. The number of fused-ring (bicyclic) bond motifs is 1. The maximum absolute atomic E-state index is 11.9. The Hall–Kier alpha value is -2.09. The molecule has 0 radical (unpaired) electrons. The van der Waals surface area contributed by atoms with Crippen LogP contribution in [0.5, 0.6) is 0 Å². The number of likely N-dealkylation sites (N-methyl/N-ethyl adjacent to an activating group) is 1. The fraction of sp³-hybridized carbons (Fsp3) is 0.462. The summed E-state index contributed by atoms with van der Waals surface area (Å²) in [6, 6.07) is 0. The van der Waals surface area contributed by atoms with Gasteiger partial charge in [0.25, 0.3) is 0 Å². The zero-order chi connectivity index (χ0) is 15.6. The molecule has 0 aliphatic carbocycles. The monoisotopic (exact) mass is 310 g/mol. The van der Waals surface area contributed by atoms with Gasteiger partial charge in [-0.25, -0.2) is 9.78 Å². The first-order chi connectivity index (χ1) is 9.95. The summed E-state index contributed by atoms with van der Waals surface area (Å²) >= 11 is 1.37. The van der Waals surface area contributed by atoms with Gasteiger partial charge in [0, 0.05) is 32.2 Å². The number of carbonyl (C=O) groups is 2. The Balaban J connectivity index is 2.44. The van der Waals surface area contributed by atoms with Crippen LogP contribution < -0.4 is 4.90 Å². The first kappa shape index (κ1) is 15.3. The fourth-order valence-corrected chi connectivity index (χ4v) is 2.74. The number of carboxylic acid groups (broad SMARTS) is 1. The topological polar surface area (TPSA) is 78.2 Å². The van der Waals surface area contributed by atoms with Crippen LogP contribution >= 0.6 is 11.3 Å². The van der Waals surface area contributed by atoms with Crippen molar-refractivity contribution in [1.29, 1.82) is 0 Å². The molecule has 0 fully saturated rings. The highest BCUT2D eigenvalue weighted by atomic mass is 32.1. The predicted molar refractivity (Wildman–Crippen MR) is 81.2 cm³/mol. The van der Waals surface area contributed by atoms with Gasteiger partial charge in [-0.2, -0.15) is 0 Å². The first-order valence-electron chi connectivity index (χ1n) is 6.59. The molecule has 0 aromatic carbocycles. The molecule has 0 unspecified atom stereocenters. The molecule has 8 heteroatoms. The molecule has 1 N–H and O–H groups in total.